The molecule has 2 N–H and O–H groups in total. The van der Waals surface area contributed by atoms with Gasteiger partial charge in [0.25, 0.3) is 0 Å². The number of fused-ring (bicyclic) bond motifs is 1. The number of benzene rings is 1. The number of methoxy groups -OCH3 is 1. The van der Waals surface area contributed by atoms with Gasteiger partial charge in [-0.05, 0) is 24.1 Å². The molecule has 5 nitrogen and oxygen atoms in total. The summed E-state index contributed by atoms with van der Waals surface area (Å²) in [6.07, 6.45) is 0. The van der Waals surface area contributed by atoms with Crippen LogP contribution in [0.5, 0.6) is 5.75 Å². The molecule has 2 aromatic rings. The molecule has 0 spiro atoms. The van der Waals surface area contributed by atoms with E-state index in [0.717, 1.165) is 21.0 Å². The Morgan fingerprint density at radius 1 is 1.50 bits per heavy atom. The number of nitrogens with one attached hydrogen (secondary N) is 1. The lowest BCUT2D eigenvalue weighted by Crippen LogP contribution is -2.40. The number of rotatable bonds is 6. The number of carboxylic acid groups (broad SMARTS) is 1. The number of aliphatic carboxylic acids is 1. The van der Waals surface area contributed by atoms with Gasteiger partial charge in [0.1, 0.15) is 16.8 Å². The zero-order valence-electron chi connectivity index (χ0n) is 11.7. The van der Waals surface area contributed by atoms with Gasteiger partial charge in [0.2, 0.25) is 0 Å². The summed E-state index contributed by atoms with van der Waals surface area (Å²) in [5, 5.41) is 13.1. The second-order valence-electron chi connectivity index (χ2n) is 4.88. The summed E-state index contributed by atoms with van der Waals surface area (Å²) in [7, 11) is 1.63. The lowest BCUT2D eigenvalue weighted by atomic mass is 10.1. The fourth-order valence-electron chi connectivity index (χ4n) is 1.96. The van der Waals surface area contributed by atoms with Crippen LogP contribution in [-0.4, -0.2) is 29.2 Å². The Morgan fingerprint density at radius 3 is 2.85 bits per heavy atom. The van der Waals surface area contributed by atoms with Crippen molar-refractivity contribution >= 4 is 27.5 Å². The summed E-state index contributed by atoms with van der Waals surface area (Å²) in [5.41, 5.74) is 0.907. The highest BCUT2D eigenvalue weighted by molar-refractivity contribution is 7.18. The average Bonchev–Trinajstić information content (AvgIpc) is 2.79. The molecule has 0 unspecified atom stereocenters. The van der Waals surface area contributed by atoms with Crippen LogP contribution >= 0.6 is 11.3 Å². The van der Waals surface area contributed by atoms with E-state index in [2.05, 4.69) is 10.3 Å². The minimum atomic E-state index is -0.831. The Balaban J connectivity index is 2.12. The number of carboxylic acids is 1. The normalized spacial score (nSPS) is 12.8. The summed E-state index contributed by atoms with van der Waals surface area (Å²) in [5.74, 6) is -0.00370. The van der Waals surface area contributed by atoms with E-state index in [9.17, 15) is 4.79 Å². The fraction of sp³-hybridized carbons (Fsp3) is 0.429. The first-order chi connectivity index (χ1) is 9.51. The van der Waals surface area contributed by atoms with E-state index in [-0.39, 0.29) is 5.92 Å². The zero-order chi connectivity index (χ0) is 14.7. The molecule has 0 aliphatic rings. The van der Waals surface area contributed by atoms with Gasteiger partial charge < -0.3 is 9.84 Å². The molecule has 2 rings (SSSR count). The third-order valence-corrected chi connectivity index (χ3v) is 4.06. The van der Waals surface area contributed by atoms with Crippen molar-refractivity contribution in [2.24, 2.45) is 5.92 Å². The first kappa shape index (κ1) is 14.7. The maximum Gasteiger partial charge on any atom is 0.320 e. The highest BCUT2D eigenvalue weighted by Gasteiger charge is 2.21. The first-order valence-corrected chi connectivity index (χ1v) is 7.22. The molecular formula is C14H18N2O3S. The van der Waals surface area contributed by atoms with Crippen molar-refractivity contribution in [3.63, 3.8) is 0 Å². The van der Waals surface area contributed by atoms with E-state index in [1.165, 1.54) is 0 Å². The van der Waals surface area contributed by atoms with Crippen molar-refractivity contribution in [1.82, 2.24) is 10.3 Å². The van der Waals surface area contributed by atoms with Crippen LogP contribution < -0.4 is 10.1 Å². The maximum atomic E-state index is 11.1. The Hall–Kier alpha value is -1.66. The molecule has 0 saturated heterocycles. The minimum absolute atomic E-state index is 0.0296. The van der Waals surface area contributed by atoms with Gasteiger partial charge in [-0.25, -0.2) is 4.98 Å². The van der Waals surface area contributed by atoms with Gasteiger partial charge in [0.15, 0.2) is 0 Å². The van der Waals surface area contributed by atoms with E-state index >= 15 is 0 Å². The number of carbonyl (C=O) groups is 1. The number of nitrogens with zero attached hydrogens (tertiary/aromatic N) is 1. The average molecular weight is 294 g/mol. The van der Waals surface area contributed by atoms with E-state index in [0.29, 0.717) is 6.54 Å². The predicted octanol–water partition coefficient (Wildman–Crippen LogP) is 2.50. The zero-order valence-corrected chi connectivity index (χ0v) is 12.5. The Kier molecular flexibility index (Phi) is 4.57. The predicted molar refractivity (Wildman–Crippen MR) is 79.3 cm³/mol. The van der Waals surface area contributed by atoms with Crippen molar-refractivity contribution in [1.29, 1.82) is 0 Å². The number of hydrogen-bond acceptors (Lipinski definition) is 5. The minimum Gasteiger partial charge on any atom is -0.497 e. The second kappa shape index (κ2) is 6.19. The summed E-state index contributed by atoms with van der Waals surface area (Å²) in [6, 6.07) is 5.16. The molecule has 1 heterocycles. The monoisotopic (exact) mass is 294 g/mol. The van der Waals surface area contributed by atoms with Crippen molar-refractivity contribution in [3.8, 4) is 5.75 Å². The largest absolute Gasteiger partial charge is 0.497 e. The van der Waals surface area contributed by atoms with Crippen LogP contribution in [-0.2, 0) is 11.3 Å². The van der Waals surface area contributed by atoms with Crippen molar-refractivity contribution in [3.05, 3.63) is 23.2 Å². The Bertz CT molecular complexity index is 609. The van der Waals surface area contributed by atoms with Crippen molar-refractivity contribution in [2.75, 3.05) is 7.11 Å². The first-order valence-electron chi connectivity index (χ1n) is 6.41. The van der Waals surface area contributed by atoms with Crippen LogP contribution in [0, 0.1) is 5.92 Å². The van der Waals surface area contributed by atoms with E-state index in [1.54, 1.807) is 18.4 Å². The van der Waals surface area contributed by atoms with Crippen molar-refractivity contribution < 1.29 is 14.6 Å². The van der Waals surface area contributed by atoms with Gasteiger partial charge in [-0.15, -0.1) is 11.3 Å². The number of hydrogen-bond donors (Lipinski definition) is 2. The van der Waals surface area contributed by atoms with Crippen LogP contribution in [0.3, 0.4) is 0 Å². The van der Waals surface area contributed by atoms with Crippen LogP contribution in [0.4, 0.5) is 0 Å². The maximum absolute atomic E-state index is 11.1. The van der Waals surface area contributed by atoms with Gasteiger partial charge in [-0.1, -0.05) is 13.8 Å². The molecule has 0 amide bonds. The Morgan fingerprint density at radius 2 is 2.25 bits per heavy atom. The standard InChI is InChI=1S/C14H18N2O3S/c1-8(2)13(14(17)18)15-7-12-16-10-5-4-9(19-3)6-11(10)20-12/h4-6,8,13,15H,7H2,1-3H3,(H,17,18)/t13-/m0/s1. The lowest BCUT2D eigenvalue weighted by Gasteiger charge is -2.16. The number of thiazole rings is 1. The summed E-state index contributed by atoms with van der Waals surface area (Å²) in [6.45, 7) is 4.22. The smallest absolute Gasteiger partial charge is 0.320 e. The SMILES string of the molecule is COc1ccc2nc(CN[C@H](C(=O)O)C(C)C)sc2c1. The molecule has 1 atom stereocenters. The molecule has 1 aromatic heterocycles. The van der Waals surface area contributed by atoms with Crippen LogP contribution in [0.2, 0.25) is 0 Å². The van der Waals surface area contributed by atoms with Gasteiger partial charge in [0.05, 0.1) is 17.3 Å². The molecule has 6 heteroatoms. The summed E-state index contributed by atoms with van der Waals surface area (Å²) < 4.78 is 6.22. The van der Waals surface area contributed by atoms with Gasteiger partial charge in [-0.3, -0.25) is 10.1 Å². The summed E-state index contributed by atoms with van der Waals surface area (Å²) >= 11 is 1.55. The van der Waals surface area contributed by atoms with E-state index in [1.807, 2.05) is 32.0 Å². The van der Waals surface area contributed by atoms with Gasteiger partial charge >= 0.3 is 5.97 Å². The molecule has 20 heavy (non-hydrogen) atoms. The van der Waals surface area contributed by atoms with Gasteiger partial charge in [-0.2, -0.15) is 0 Å². The van der Waals surface area contributed by atoms with E-state index < -0.39 is 12.0 Å². The molecule has 0 aliphatic heterocycles. The molecule has 0 saturated carbocycles. The summed E-state index contributed by atoms with van der Waals surface area (Å²) in [4.78, 5) is 15.6. The molecule has 0 bridgehead atoms. The molecular weight excluding hydrogens is 276 g/mol. The highest BCUT2D eigenvalue weighted by atomic mass is 32.1. The Labute approximate surface area is 121 Å². The third kappa shape index (κ3) is 3.26. The third-order valence-electron chi connectivity index (χ3n) is 3.05. The molecule has 1 aromatic carbocycles. The highest BCUT2D eigenvalue weighted by Crippen LogP contribution is 2.26. The van der Waals surface area contributed by atoms with Crippen LogP contribution in [0.15, 0.2) is 18.2 Å². The molecule has 0 fully saturated rings. The molecule has 108 valence electrons. The van der Waals surface area contributed by atoms with Crippen molar-refractivity contribution in [2.45, 2.75) is 26.4 Å². The van der Waals surface area contributed by atoms with E-state index in [4.69, 9.17) is 9.84 Å². The lowest BCUT2D eigenvalue weighted by molar-refractivity contribution is -0.140. The van der Waals surface area contributed by atoms with Crippen LogP contribution in [0.1, 0.15) is 18.9 Å². The second-order valence-corrected chi connectivity index (χ2v) is 6.00. The number of ether oxygens (including phenoxy) is 1. The van der Waals surface area contributed by atoms with Crippen LogP contribution in [0.25, 0.3) is 10.2 Å². The molecule has 0 radical (unpaired) electrons. The number of aromatic nitrogens is 1. The fourth-order valence-corrected chi connectivity index (χ4v) is 2.91. The molecule has 0 aliphatic carbocycles. The van der Waals surface area contributed by atoms with Gasteiger partial charge in [0, 0.05) is 6.54 Å². The topological polar surface area (TPSA) is 71.5 Å². The quantitative estimate of drug-likeness (QED) is 0.856.